The van der Waals surface area contributed by atoms with Crippen molar-refractivity contribution in [3.63, 3.8) is 0 Å². The van der Waals surface area contributed by atoms with Crippen molar-refractivity contribution in [3.8, 4) is 0 Å². The molecule has 4 nitrogen and oxygen atoms in total. The average Bonchev–Trinajstić information content (AvgIpc) is 3.04. The summed E-state index contributed by atoms with van der Waals surface area (Å²) in [7, 11) is 1.85. The van der Waals surface area contributed by atoms with Gasteiger partial charge in [-0.2, -0.15) is 0 Å². The normalized spacial score (nSPS) is 25.2. The number of hydrogen-bond acceptors (Lipinski definition) is 2. The molecule has 0 radical (unpaired) electrons. The lowest BCUT2D eigenvalue weighted by Gasteiger charge is -2.55. The highest BCUT2D eigenvalue weighted by Crippen LogP contribution is 2.44. The van der Waals surface area contributed by atoms with Crippen LogP contribution in [0.4, 0.5) is 4.39 Å². The number of rotatable bonds is 2. The number of carbonyl (C=O) groups is 1. The van der Waals surface area contributed by atoms with Gasteiger partial charge in [0.2, 0.25) is 0 Å². The molecule has 1 aromatic heterocycles. The molecule has 6 heteroatoms. The summed E-state index contributed by atoms with van der Waals surface area (Å²) >= 11 is 5.97. The van der Waals surface area contributed by atoms with Crippen LogP contribution in [0.3, 0.4) is 0 Å². The molecule has 2 aliphatic carbocycles. The second-order valence-corrected chi connectivity index (χ2v) is 10.7. The Morgan fingerprint density at radius 3 is 2.19 bits per heavy atom. The molecule has 0 atom stereocenters. The Kier molecular flexibility index (Phi) is 5.54. The van der Waals surface area contributed by atoms with E-state index in [1.165, 1.54) is 70.3 Å². The van der Waals surface area contributed by atoms with Crippen molar-refractivity contribution in [2.75, 3.05) is 0 Å². The van der Waals surface area contributed by atoms with Crippen molar-refractivity contribution in [1.82, 2.24) is 15.2 Å². The molecule has 2 aromatic rings. The Morgan fingerprint density at radius 1 is 1.03 bits per heavy atom. The maximum absolute atomic E-state index is 13.9. The highest BCUT2D eigenvalue weighted by molar-refractivity contribution is 6.31. The predicted molar refractivity (Wildman–Crippen MR) is 123 cm³/mol. The van der Waals surface area contributed by atoms with Gasteiger partial charge >= 0.3 is 0 Å². The van der Waals surface area contributed by atoms with Crippen molar-refractivity contribution < 1.29 is 9.18 Å². The Bertz CT molecular complexity index is 962. The van der Waals surface area contributed by atoms with E-state index in [2.05, 4.69) is 10.6 Å². The average molecular weight is 446 g/mol. The maximum atomic E-state index is 13.9. The topological polar surface area (TPSA) is 46.1 Å². The Balaban J connectivity index is 1.41. The molecule has 1 amide bonds. The molecule has 0 unspecified atom stereocenters. The second-order valence-electron chi connectivity index (χ2n) is 10.3. The van der Waals surface area contributed by atoms with Crippen LogP contribution in [0.15, 0.2) is 18.2 Å². The van der Waals surface area contributed by atoms with Gasteiger partial charge in [-0.3, -0.25) is 4.79 Å². The van der Waals surface area contributed by atoms with Crippen LogP contribution in [0, 0.1) is 5.82 Å². The van der Waals surface area contributed by atoms with Crippen molar-refractivity contribution >= 4 is 28.4 Å². The van der Waals surface area contributed by atoms with Crippen LogP contribution in [0.1, 0.15) is 87.5 Å². The highest BCUT2D eigenvalue weighted by atomic mass is 35.5. The van der Waals surface area contributed by atoms with Gasteiger partial charge in [0.25, 0.3) is 5.91 Å². The van der Waals surface area contributed by atoms with Gasteiger partial charge in [0, 0.05) is 29.6 Å². The second kappa shape index (κ2) is 8.08. The van der Waals surface area contributed by atoms with Crippen LogP contribution in [0.2, 0.25) is 5.02 Å². The minimum atomic E-state index is -0.455. The molecule has 168 valence electrons. The van der Waals surface area contributed by atoms with E-state index in [0.717, 1.165) is 18.4 Å². The molecule has 2 heterocycles. The summed E-state index contributed by atoms with van der Waals surface area (Å²) in [6.45, 7) is 0. The van der Waals surface area contributed by atoms with Crippen molar-refractivity contribution in [2.45, 2.75) is 94.2 Å². The lowest BCUT2D eigenvalue weighted by atomic mass is 9.66. The number of fused-ring (bicyclic) bond motifs is 1. The van der Waals surface area contributed by atoms with Crippen LogP contribution in [0.5, 0.6) is 0 Å². The minimum Gasteiger partial charge on any atom is -0.348 e. The van der Waals surface area contributed by atoms with Gasteiger partial charge in [-0.25, -0.2) is 4.39 Å². The number of halogens is 2. The fourth-order valence-electron chi connectivity index (χ4n) is 6.71. The Morgan fingerprint density at radius 2 is 1.61 bits per heavy atom. The van der Waals surface area contributed by atoms with Crippen molar-refractivity contribution in [1.29, 1.82) is 0 Å². The van der Waals surface area contributed by atoms with E-state index in [9.17, 15) is 9.18 Å². The molecule has 31 heavy (non-hydrogen) atoms. The summed E-state index contributed by atoms with van der Waals surface area (Å²) in [5.41, 5.74) is 1.67. The van der Waals surface area contributed by atoms with Crippen molar-refractivity contribution in [3.05, 3.63) is 34.7 Å². The maximum Gasteiger partial charge on any atom is 0.268 e. The lowest BCUT2D eigenvalue weighted by molar-refractivity contribution is 0.0440. The number of benzene rings is 1. The smallest absolute Gasteiger partial charge is 0.268 e. The Labute approximate surface area is 188 Å². The van der Waals surface area contributed by atoms with Crippen LogP contribution in [-0.2, 0) is 7.05 Å². The van der Waals surface area contributed by atoms with E-state index in [1.54, 1.807) is 12.1 Å². The number of carbonyl (C=O) groups excluding carboxylic acids is 1. The SMILES string of the molecule is Cn1c(C(=O)NC2CC3(CCCCC3)NC3(CCCCC3)C2)cc2cc(F)c(Cl)cc21. The van der Waals surface area contributed by atoms with Gasteiger partial charge < -0.3 is 15.2 Å². The van der Waals surface area contributed by atoms with Crippen LogP contribution >= 0.6 is 11.6 Å². The number of nitrogens with zero attached hydrogens (tertiary/aromatic N) is 1. The first-order valence-electron chi connectivity index (χ1n) is 11.9. The van der Waals surface area contributed by atoms with E-state index in [1.807, 2.05) is 11.6 Å². The van der Waals surface area contributed by atoms with E-state index < -0.39 is 5.82 Å². The van der Waals surface area contributed by atoms with Gasteiger partial charge in [-0.1, -0.05) is 50.1 Å². The van der Waals surface area contributed by atoms with Crippen LogP contribution in [0.25, 0.3) is 10.9 Å². The third kappa shape index (κ3) is 4.00. The number of hydrogen-bond donors (Lipinski definition) is 2. The zero-order valence-electron chi connectivity index (χ0n) is 18.4. The summed E-state index contributed by atoms with van der Waals surface area (Å²) < 4.78 is 15.7. The predicted octanol–water partition coefficient (Wildman–Crippen LogP) is 5.86. The third-order valence-electron chi connectivity index (χ3n) is 8.08. The minimum absolute atomic E-state index is 0.0703. The molecule has 1 saturated heterocycles. The first kappa shape index (κ1) is 21.3. The van der Waals surface area contributed by atoms with Gasteiger partial charge in [0.1, 0.15) is 11.5 Å². The molecule has 1 aromatic carbocycles. The molecule has 3 fully saturated rings. The molecule has 0 bridgehead atoms. The van der Waals surface area contributed by atoms with Gasteiger partial charge in [0.15, 0.2) is 0 Å². The zero-order chi connectivity index (χ0) is 21.6. The quantitative estimate of drug-likeness (QED) is 0.608. The monoisotopic (exact) mass is 445 g/mol. The molecule has 3 aliphatic rings. The van der Waals surface area contributed by atoms with E-state index in [0.29, 0.717) is 11.1 Å². The molecule has 2 saturated carbocycles. The molecule has 2 spiro atoms. The first-order valence-corrected chi connectivity index (χ1v) is 12.3. The molecular weight excluding hydrogens is 413 g/mol. The van der Waals surface area contributed by atoms with E-state index in [-0.39, 0.29) is 28.0 Å². The number of aromatic nitrogens is 1. The summed E-state index contributed by atoms with van der Waals surface area (Å²) in [6, 6.07) is 4.95. The number of piperidine rings is 1. The Hall–Kier alpha value is -1.59. The first-order chi connectivity index (χ1) is 14.9. The van der Waals surface area contributed by atoms with Gasteiger partial charge in [0.05, 0.1) is 10.5 Å². The number of aryl methyl sites for hydroxylation is 1. The van der Waals surface area contributed by atoms with Gasteiger partial charge in [-0.15, -0.1) is 0 Å². The highest BCUT2D eigenvalue weighted by Gasteiger charge is 2.48. The van der Waals surface area contributed by atoms with E-state index >= 15 is 0 Å². The summed E-state index contributed by atoms with van der Waals surface area (Å²) in [4.78, 5) is 13.3. The standard InChI is InChI=1S/C25H33ClFN3O/c1-30-21-14-19(26)20(27)12-17(21)13-22(30)23(31)28-18-15-24(8-4-2-5-9-24)29-25(16-18)10-6-3-7-11-25/h12-14,18,29H,2-11,15-16H2,1H3,(H,28,31). The van der Waals surface area contributed by atoms with Crippen LogP contribution in [-0.4, -0.2) is 27.6 Å². The molecule has 5 rings (SSSR count). The third-order valence-corrected chi connectivity index (χ3v) is 8.37. The largest absolute Gasteiger partial charge is 0.348 e. The number of amides is 1. The number of nitrogens with one attached hydrogen (secondary N) is 2. The summed E-state index contributed by atoms with van der Waals surface area (Å²) in [5, 5.41) is 8.32. The van der Waals surface area contributed by atoms with Crippen molar-refractivity contribution in [2.24, 2.45) is 7.05 Å². The zero-order valence-corrected chi connectivity index (χ0v) is 19.2. The molecular formula is C25H33ClFN3O. The van der Waals surface area contributed by atoms with E-state index in [4.69, 9.17) is 11.6 Å². The fraction of sp³-hybridized carbons (Fsp3) is 0.640. The van der Waals surface area contributed by atoms with Gasteiger partial charge in [-0.05, 0) is 56.7 Å². The summed E-state index contributed by atoms with van der Waals surface area (Å²) in [5.74, 6) is -0.525. The molecule has 1 aliphatic heterocycles. The van der Waals surface area contributed by atoms with Crippen LogP contribution < -0.4 is 10.6 Å². The lowest BCUT2D eigenvalue weighted by Crippen LogP contribution is -2.67. The summed E-state index contributed by atoms with van der Waals surface area (Å²) in [6.07, 6.45) is 14.6. The fourth-order valence-corrected chi connectivity index (χ4v) is 6.86. The molecule has 2 N–H and O–H groups in total.